The molecule has 0 amide bonds. The third-order valence-electron chi connectivity index (χ3n) is 9.52. The van der Waals surface area contributed by atoms with E-state index in [-0.39, 0.29) is 23.6 Å². The first kappa shape index (κ1) is 30.5. The van der Waals surface area contributed by atoms with Gasteiger partial charge in [-0.15, -0.1) is 0 Å². The molecule has 1 aromatic heterocycles. The van der Waals surface area contributed by atoms with E-state index in [1.807, 2.05) is 12.1 Å². The summed E-state index contributed by atoms with van der Waals surface area (Å²) in [5.41, 5.74) is 3.42. The predicted molar refractivity (Wildman–Crippen MR) is 170 cm³/mol. The van der Waals surface area contributed by atoms with Gasteiger partial charge in [0.25, 0.3) is 5.56 Å². The van der Waals surface area contributed by atoms with Crippen molar-refractivity contribution in [3.05, 3.63) is 61.8 Å². The first-order valence-electron chi connectivity index (χ1n) is 15.9. The van der Waals surface area contributed by atoms with Gasteiger partial charge in [0, 0.05) is 23.2 Å². The van der Waals surface area contributed by atoms with E-state index in [0.29, 0.717) is 17.9 Å². The standard InChI is InChI=1S/C28H36BrN3O3.C6H12/c1-4-17(2)27-31-28(33)26-22(29)6-5-7-23(26)32(27)24-15-25(35-20-10-13-34-16-20)21(14-18(24)3)19-8-11-30-12-9-19;1-6-4-2-3-5-6/h5-7,14,17,19-20,24,30H,4,8-13,15-16H2,1-3H3;6H,2-5H2,1H3. The summed E-state index contributed by atoms with van der Waals surface area (Å²) in [5, 5.41) is 4.14. The molecule has 6 rings (SSSR count). The zero-order valence-corrected chi connectivity index (χ0v) is 27.0. The van der Waals surface area contributed by atoms with Crippen LogP contribution in [-0.4, -0.2) is 42.0 Å². The van der Waals surface area contributed by atoms with E-state index in [4.69, 9.17) is 9.47 Å². The summed E-state index contributed by atoms with van der Waals surface area (Å²) in [6.07, 6.45) is 13.3. The summed E-state index contributed by atoms with van der Waals surface area (Å²) >= 11 is 3.61. The second-order valence-corrected chi connectivity index (χ2v) is 13.4. The highest BCUT2D eigenvalue weighted by atomic mass is 79.9. The Hall–Kier alpha value is -1.96. The van der Waals surface area contributed by atoms with Gasteiger partial charge in [-0.3, -0.25) is 4.79 Å². The van der Waals surface area contributed by atoms with Gasteiger partial charge in [0.05, 0.1) is 30.2 Å². The fourth-order valence-electron chi connectivity index (χ4n) is 6.82. The molecule has 1 saturated carbocycles. The maximum absolute atomic E-state index is 13.1. The van der Waals surface area contributed by atoms with E-state index in [9.17, 15) is 4.79 Å². The van der Waals surface area contributed by atoms with Crippen molar-refractivity contribution in [3.8, 4) is 0 Å². The van der Waals surface area contributed by atoms with Crippen LogP contribution in [-0.2, 0) is 9.47 Å². The zero-order chi connectivity index (χ0) is 28.9. The summed E-state index contributed by atoms with van der Waals surface area (Å²) < 4.78 is 15.4. The molecule has 41 heavy (non-hydrogen) atoms. The average molecular weight is 627 g/mol. The summed E-state index contributed by atoms with van der Waals surface area (Å²) in [6, 6.07) is 6.03. The Morgan fingerprint density at radius 3 is 2.56 bits per heavy atom. The minimum Gasteiger partial charge on any atom is -0.492 e. The number of benzene rings is 1. The van der Waals surface area contributed by atoms with Gasteiger partial charge in [0.1, 0.15) is 17.7 Å². The van der Waals surface area contributed by atoms with E-state index in [2.05, 4.69) is 70.6 Å². The number of aromatic nitrogens is 2. The van der Waals surface area contributed by atoms with E-state index in [0.717, 1.165) is 79.3 Å². The Morgan fingerprint density at radius 2 is 1.93 bits per heavy atom. The highest BCUT2D eigenvalue weighted by molar-refractivity contribution is 9.10. The van der Waals surface area contributed by atoms with Crippen molar-refractivity contribution in [1.29, 1.82) is 0 Å². The molecule has 6 nitrogen and oxygen atoms in total. The van der Waals surface area contributed by atoms with Crippen molar-refractivity contribution in [2.75, 3.05) is 26.3 Å². The molecule has 3 heterocycles. The molecule has 2 saturated heterocycles. The minimum absolute atomic E-state index is 0.0479. The van der Waals surface area contributed by atoms with Crippen LogP contribution in [0.25, 0.3) is 10.9 Å². The van der Waals surface area contributed by atoms with Crippen LogP contribution in [0.1, 0.15) is 103 Å². The number of rotatable bonds is 6. The van der Waals surface area contributed by atoms with Gasteiger partial charge in [0.2, 0.25) is 0 Å². The van der Waals surface area contributed by atoms with Crippen molar-refractivity contribution in [2.45, 2.75) is 104 Å². The van der Waals surface area contributed by atoms with Gasteiger partial charge < -0.3 is 19.4 Å². The quantitative estimate of drug-likeness (QED) is 0.354. The molecule has 0 radical (unpaired) electrons. The van der Waals surface area contributed by atoms with Crippen LogP contribution in [0.15, 0.2) is 50.4 Å². The number of fused-ring (bicyclic) bond motifs is 1. The molecule has 3 atom stereocenters. The molecule has 3 fully saturated rings. The van der Waals surface area contributed by atoms with E-state index < -0.39 is 0 Å². The second-order valence-electron chi connectivity index (χ2n) is 12.6. The number of hydrogen-bond acceptors (Lipinski definition) is 5. The molecule has 2 aliphatic heterocycles. The van der Waals surface area contributed by atoms with Crippen LogP contribution < -0.4 is 10.9 Å². The van der Waals surface area contributed by atoms with Gasteiger partial charge in [-0.05, 0) is 90.3 Å². The molecular weight excluding hydrogens is 578 g/mol. The van der Waals surface area contributed by atoms with Crippen molar-refractivity contribution >= 4 is 26.8 Å². The number of allylic oxidation sites excluding steroid dienone is 4. The Bertz CT molecular complexity index is 1310. The first-order valence-corrected chi connectivity index (χ1v) is 16.7. The highest BCUT2D eigenvalue weighted by Gasteiger charge is 2.33. The third-order valence-corrected chi connectivity index (χ3v) is 10.2. The topological polar surface area (TPSA) is 65.4 Å². The van der Waals surface area contributed by atoms with Gasteiger partial charge in [-0.1, -0.05) is 58.6 Å². The lowest BCUT2D eigenvalue weighted by atomic mass is 9.82. The van der Waals surface area contributed by atoms with E-state index in [1.165, 1.54) is 36.8 Å². The molecule has 224 valence electrons. The number of piperidine rings is 1. The molecule has 4 aliphatic rings. The first-order chi connectivity index (χ1) is 19.9. The van der Waals surface area contributed by atoms with Crippen LogP contribution in [0.4, 0.5) is 0 Å². The van der Waals surface area contributed by atoms with Crippen LogP contribution >= 0.6 is 15.9 Å². The molecule has 1 aromatic carbocycles. The van der Waals surface area contributed by atoms with E-state index in [1.54, 1.807) is 0 Å². The fourth-order valence-corrected chi connectivity index (χ4v) is 7.35. The van der Waals surface area contributed by atoms with Crippen LogP contribution in [0.2, 0.25) is 0 Å². The SMILES string of the molecule is CC1CCCC1.CCC(C)c1nc(=O)c2c(Br)cccc2n1C1CC(OC2CCOC2)=C(C2CCNCC2)C=C1C. The molecule has 7 heteroatoms. The van der Waals surface area contributed by atoms with Crippen molar-refractivity contribution < 1.29 is 9.47 Å². The minimum atomic E-state index is -0.165. The fraction of sp³-hybridized carbons (Fsp3) is 0.647. The molecule has 3 unspecified atom stereocenters. The molecule has 0 spiro atoms. The summed E-state index contributed by atoms with van der Waals surface area (Å²) in [6.45, 7) is 12.4. The lowest BCUT2D eigenvalue weighted by molar-refractivity contribution is 0.0804. The zero-order valence-electron chi connectivity index (χ0n) is 25.4. The van der Waals surface area contributed by atoms with Gasteiger partial charge in [-0.25, -0.2) is 0 Å². The summed E-state index contributed by atoms with van der Waals surface area (Å²) in [5.74, 6) is 3.68. The van der Waals surface area contributed by atoms with Gasteiger partial charge in [0.15, 0.2) is 0 Å². The van der Waals surface area contributed by atoms with Crippen LogP contribution in [0.5, 0.6) is 0 Å². The third kappa shape index (κ3) is 7.00. The number of nitrogens with one attached hydrogen (secondary N) is 1. The lowest BCUT2D eigenvalue weighted by Gasteiger charge is -2.35. The maximum Gasteiger partial charge on any atom is 0.281 e. The molecule has 0 bridgehead atoms. The number of ether oxygens (including phenoxy) is 2. The second kappa shape index (κ2) is 14.0. The number of hydrogen-bond donors (Lipinski definition) is 1. The molecule has 2 aliphatic carbocycles. The summed E-state index contributed by atoms with van der Waals surface area (Å²) in [4.78, 5) is 17.7. The highest BCUT2D eigenvalue weighted by Crippen LogP contribution is 2.42. The van der Waals surface area contributed by atoms with E-state index >= 15 is 0 Å². The van der Waals surface area contributed by atoms with Crippen molar-refractivity contribution in [2.24, 2.45) is 11.8 Å². The Morgan fingerprint density at radius 1 is 1.17 bits per heavy atom. The Kier molecular flexibility index (Phi) is 10.4. The van der Waals surface area contributed by atoms with Crippen LogP contribution in [0, 0.1) is 11.8 Å². The molecule has 2 aromatic rings. The largest absolute Gasteiger partial charge is 0.492 e. The number of nitrogens with zero attached hydrogens (tertiary/aromatic N) is 2. The summed E-state index contributed by atoms with van der Waals surface area (Å²) in [7, 11) is 0. The lowest BCUT2D eigenvalue weighted by Crippen LogP contribution is -2.31. The maximum atomic E-state index is 13.1. The normalized spacial score (nSPS) is 24.8. The predicted octanol–water partition coefficient (Wildman–Crippen LogP) is 7.82. The molecular formula is C34H48BrN3O3. The molecule has 1 N–H and O–H groups in total. The monoisotopic (exact) mass is 625 g/mol. The van der Waals surface area contributed by atoms with Crippen molar-refractivity contribution in [1.82, 2.24) is 14.9 Å². The Balaban J connectivity index is 0.000000500. The van der Waals surface area contributed by atoms with Crippen molar-refractivity contribution in [3.63, 3.8) is 0 Å². The number of halogens is 1. The smallest absolute Gasteiger partial charge is 0.281 e. The Labute approximate surface area is 254 Å². The average Bonchev–Trinajstić information content (AvgIpc) is 3.68. The van der Waals surface area contributed by atoms with Gasteiger partial charge in [-0.2, -0.15) is 4.98 Å². The van der Waals surface area contributed by atoms with Crippen LogP contribution in [0.3, 0.4) is 0 Å². The van der Waals surface area contributed by atoms with Gasteiger partial charge >= 0.3 is 0 Å².